The summed E-state index contributed by atoms with van der Waals surface area (Å²) in [5, 5.41) is 4.14. The van der Waals surface area contributed by atoms with E-state index in [0.717, 1.165) is 6.42 Å². The van der Waals surface area contributed by atoms with Gasteiger partial charge in [0, 0.05) is 18.5 Å². The first-order valence-corrected chi connectivity index (χ1v) is 6.36. The van der Waals surface area contributed by atoms with Gasteiger partial charge in [-0.2, -0.15) is 11.3 Å². The number of thiophene rings is 1. The van der Waals surface area contributed by atoms with Gasteiger partial charge in [0.15, 0.2) is 0 Å². The van der Waals surface area contributed by atoms with Crippen LogP contribution in [0.1, 0.15) is 11.1 Å². The summed E-state index contributed by atoms with van der Waals surface area (Å²) in [5.74, 6) is 0.389. The van der Waals surface area contributed by atoms with Gasteiger partial charge in [0.1, 0.15) is 11.6 Å². The summed E-state index contributed by atoms with van der Waals surface area (Å²) in [6.45, 7) is 0.862. The van der Waals surface area contributed by atoms with Crippen molar-refractivity contribution in [1.82, 2.24) is 0 Å². The van der Waals surface area contributed by atoms with Gasteiger partial charge in [0.25, 0.3) is 0 Å². The van der Waals surface area contributed by atoms with E-state index in [1.54, 1.807) is 17.4 Å². The zero-order valence-electron chi connectivity index (χ0n) is 9.36. The molecule has 2 rings (SSSR count). The first-order chi connectivity index (χ1) is 8.29. The second-order valence-corrected chi connectivity index (χ2v) is 4.47. The smallest absolute Gasteiger partial charge is 0.123 e. The predicted molar refractivity (Wildman–Crippen MR) is 67.8 cm³/mol. The molecule has 17 heavy (non-hydrogen) atoms. The summed E-state index contributed by atoms with van der Waals surface area (Å²) in [4.78, 5) is 0. The molecule has 2 N–H and O–H groups in total. The fraction of sp³-hybridized carbons (Fsp3) is 0.231. The summed E-state index contributed by atoms with van der Waals surface area (Å²) in [7, 11) is 0. The van der Waals surface area contributed by atoms with Crippen LogP contribution >= 0.6 is 11.3 Å². The molecule has 1 heterocycles. The third-order valence-electron chi connectivity index (χ3n) is 2.47. The molecule has 2 nitrogen and oxygen atoms in total. The maximum absolute atomic E-state index is 13.0. The van der Waals surface area contributed by atoms with Crippen LogP contribution in [0.5, 0.6) is 5.75 Å². The average Bonchev–Trinajstić information content (AvgIpc) is 2.84. The zero-order valence-corrected chi connectivity index (χ0v) is 10.2. The van der Waals surface area contributed by atoms with Gasteiger partial charge in [0.05, 0.1) is 6.61 Å². The molecule has 4 heteroatoms. The Bertz CT molecular complexity index is 470. The maximum atomic E-state index is 13.0. The Hall–Kier alpha value is -1.39. The second kappa shape index (κ2) is 5.80. The Morgan fingerprint density at radius 2 is 2.18 bits per heavy atom. The minimum atomic E-state index is -0.282. The highest BCUT2D eigenvalue weighted by Gasteiger charge is 2.04. The summed E-state index contributed by atoms with van der Waals surface area (Å²) < 4.78 is 18.6. The van der Waals surface area contributed by atoms with Crippen LogP contribution in [-0.4, -0.2) is 6.61 Å². The molecule has 2 aromatic rings. The van der Waals surface area contributed by atoms with Crippen molar-refractivity contribution in [2.75, 3.05) is 6.61 Å². The zero-order chi connectivity index (χ0) is 12.1. The van der Waals surface area contributed by atoms with Gasteiger partial charge in [-0.05, 0) is 40.6 Å². The normalized spacial score (nSPS) is 10.5. The van der Waals surface area contributed by atoms with E-state index in [-0.39, 0.29) is 12.4 Å². The number of ether oxygens (including phenoxy) is 1. The lowest BCUT2D eigenvalue weighted by Gasteiger charge is -2.09. The summed E-state index contributed by atoms with van der Waals surface area (Å²) in [6, 6.07) is 6.51. The van der Waals surface area contributed by atoms with Crippen molar-refractivity contribution in [3.05, 3.63) is 52.0 Å². The molecule has 0 atom stereocenters. The highest BCUT2D eigenvalue weighted by Crippen LogP contribution is 2.19. The van der Waals surface area contributed by atoms with Crippen molar-refractivity contribution in [2.45, 2.75) is 13.0 Å². The van der Waals surface area contributed by atoms with Crippen LogP contribution in [0.15, 0.2) is 35.0 Å². The second-order valence-electron chi connectivity index (χ2n) is 3.69. The first kappa shape index (κ1) is 12.1. The van der Waals surface area contributed by atoms with Gasteiger partial charge < -0.3 is 10.5 Å². The lowest BCUT2D eigenvalue weighted by atomic mass is 10.2. The molecule has 0 amide bonds. The quantitative estimate of drug-likeness (QED) is 0.886. The van der Waals surface area contributed by atoms with Crippen LogP contribution in [0.3, 0.4) is 0 Å². The molecule has 0 spiro atoms. The van der Waals surface area contributed by atoms with Gasteiger partial charge in [-0.1, -0.05) is 0 Å². The topological polar surface area (TPSA) is 35.2 Å². The van der Waals surface area contributed by atoms with Gasteiger partial charge in [-0.3, -0.25) is 0 Å². The van der Waals surface area contributed by atoms with E-state index >= 15 is 0 Å². The fourth-order valence-electron chi connectivity index (χ4n) is 1.56. The van der Waals surface area contributed by atoms with Crippen LogP contribution < -0.4 is 10.5 Å². The van der Waals surface area contributed by atoms with Crippen molar-refractivity contribution in [3.63, 3.8) is 0 Å². The van der Waals surface area contributed by atoms with Crippen molar-refractivity contribution >= 4 is 11.3 Å². The van der Waals surface area contributed by atoms with Gasteiger partial charge in [-0.15, -0.1) is 0 Å². The predicted octanol–water partition coefficient (Wildman–Crippen LogP) is 2.97. The lowest BCUT2D eigenvalue weighted by Crippen LogP contribution is -2.05. The van der Waals surface area contributed by atoms with Crippen molar-refractivity contribution in [3.8, 4) is 5.75 Å². The SMILES string of the molecule is NCc1cc(F)ccc1OCCc1ccsc1. The Morgan fingerprint density at radius 3 is 2.88 bits per heavy atom. The first-order valence-electron chi connectivity index (χ1n) is 5.42. The molecule has 0 saturated heterocycles. The molecule has 0 aliphatic rings. The Labute approximate surface area is 104 Å². The highest BCUT2D eigenvalue weighted by atomic mass is 32.1. The van der Waals surface area contributed by atoms with Crippen LogP contribution in [0.25, 0.3) is 0 Å². The molecule has 0 saturated carbocycles. The van der Waals surface area contributed by atoms with Crippen LogP contribution in [-0.2, 0) is 13.0 Å². The minimum Gasteiger partial charge on any atom is -0.493 e. The number of benzene rings is 1. The Kier molecular flexibility index (Phi) is 4.12. The van der Waals surface area contributed by atoms with Crippen LogP contribution in [0.2, 0.25) is 0 Å². The Morgan fingerprint density at radius 1 is 1.29 bits per heavy atom. The van der Waals surface area contributed by atoms with Crippen molar-refractivity contribution in [2.24, 2.45) is 5.73 Å². The lowest BCUT2D eigenvalue weighted by molar-refractivity contribution is 0.318. The van der Waals surface area contributed by atoms with E-state index in [1.807, 2.05) is 5.38 Å². The molecule has 1 aromatic heterocycles. The van der Waals surface area contributed by atoms with E-state index in [9.17, 15) is 4.39 Å². The van der Waals surface area contributed by atoms with E-state index in [4.69, 9.17) is 10.5 Å². The average molecular weight is 251 g/mol. The number of halogens is 1. The van der Waals surface area contributed by atoms with Crippen LogP contribution in [0.4, 0.5) is 4.39 Å². The summed E-state index contributed by atoms with van der Waals surface area (Å²) in [6.07, 6.45) is 0.852. The molecule has 0 radical (unpaired) electrons. The third kappa shape index (κ3) is 3.28. The fourth-order valence-corrected chi connectivity index (χ4v) is 2.27. The molecule has 0 bridgehead atoms. The number of hydrogen-bond acceptors (Lipinski definition) is 3. The highest BCUT2D eigenvalue weighted by molar-refractivity contribution is 7.07. The summed E-state index contributed by atoms with van der Waals surface area (Å²) >= 11 is 1.67. The number of nitrogens with two attached hydrogens (primary N) is 1. The Balaban J connectivity index is 1.94. The largest absolute Gasteiger partial charge is 0.493 e. The molecular weight excluding hydrogens is 237 g/mol. The summed E-state index contributed by atoms with van der Waals surface area (Å²) in [5.41, 5.74) is 7.50. The van der Waals surface area contributed by atoms with E-state index in [0.29, 0.717) is 17.9 Å². The van der Waals surface area contributed by atoms with Crippen LogP contribution in [0, 0.1) is 5.82 Å². The number of hydrogen-bond donors (Lipinski definition) is 1. The maximum Gasteiger partial charge on any atom is 0.123 e. The molecule has 0 unspecified atom stereocenters. The standard InChI is InChI=1S/C13H14FNOS/c14-12-1-2-13(11(7-12)8-15)16-5-3-10-4-6-17-9-10/h1-2,4,6-7,9H,3,5,8,15H2. The molecule has 0 aliphatic carbocycles. The van der Waals surface area contributed by atoms with Crippen molar-refractivity contribution in [1.29, 1.82) is 0 Å². The van der Waals surface area contributed by atoms with Crippen molar-refractivity contribution < 1.29 is 9.13 Å². The molecular formula is C13H14FNOS. The molecule has 90 valence electrons. The molecule has 1 aromatic carbocycles. The third-order valence-corrected chi connectivity index (χ3v) is 3.20. The monoisotopic (exact) mass is 251 g/mol. The van der Waals surface area contributed by atoms with Gasteiger partial charge >= 0.3 is 0 Å². The van der Waals surface area contributed by atoms with Gasteiger partial charge in [-0.25, -0.2) is 4.39 Å². The minimum absolute atomic E-state index is 0.282. The molecule has 0 fully saturated rings. The molecule has 0 aliphatic heterocycles. The number of rotatable bonds is 5. The van der Waals surface area contributed by atoms with E-state index in [2.05, 4.69) is 11.4 Å². The van der Waals surface area contributed by atoms with E-state index in [1.165, 1.54) is 17.7 Å². The van der Waals surface area contributed by atoms with E-state index < -0.39 is 0 Å². The van der Waals surface area contributed by atoms with Gasteiger partial charge in [0.2, 0.25) is 0 Å².